The maximum absolute atomic E-state index is 13.8. The summed E-state index contributed by atoms with van der Waals surface area (Å²) in [6.07, 6.45) is 0. The highest BCUT2D eigenvalue weighted by atomic mass is 35.5. The minimum absolute atomic E-state index is 0.0258. The molecule has 0 saturated carbocycles. The molecule has 0 aromatic heterocycles. The molecule has 0 saturated heterocycles. The number of benzene rings is 3. The molecule has 5 heteroatoms. The molecule has 0 aliphatic heterocycles. The summed E-state index contributed by atoms with van der Waals surface area (Å²) in [5.74, 6) is -0.532. The molecule has 3 nitrogen and oxygen atoms in total. The Morgan fingerprint density at radius 1 is 0.875 bits per heavy atom. The lowest BCUT2D eigenvalue weighted by atomic mass is 10.1. The Balaban J connectivity index is 1.78. The fraction of sp³-hybridized carbons (Fsp3) is 0.0526. The van der Waals surface area contributed by atoms with Gasteiger partial charge in [0.25, 0.3) is 0 Å². The van der Waals surface area contributed by atoms with Crippen molar-refractivity contribution in [3.8, 4) is 0 Å². The molecule has 0 bridgehead atoms. The van der Waals surface area contributed by atoms with Gasteiger partial charge in [0.2, 0.25) is 0 Å². The minimum atomic E-state index is -0.532. The van der Waals surface area contributed by atoms with E-state index in [1.807, 2.05) is 54.6 Å². The Hall–Kier alpha value is -2.72. The molecular formula is C19H17ClFN3. The molecule has 0 amide bonds. The van der Waals surface area contributed by atoms with Crippen molar-refractivity contribution in [2.45, 2.75) is 6.92 Å². The van der Waals surface area contributed by atoms with Gasteiger partial charge in [-0.2, -0.15) is 0 Å². The predicted molar refractivity (Wildman–Crippen MR) is 100 cm³/mol. The summed E-state index contributed by atoms with van der Waals surface area (Å²) in [6, 6.07) is 19.0. The summed E-state index contributed by atoms with van der Waals surface area (Å²) in [6.45, 7) is 1.80. The van der Waals surface area contributed by atoms with E-state index in [-0.39, 0.29) is 10.7 Å². The second-order valence-corrected chi connectivity index (χ2v) is 5.83. The average molecular weight is 342 g/mol. The third-order valence-electron chi connectivity index (χ3n) is 3.72. The Morgan fingerprint density at radius 3 is 2.04 bits per heavy atom. The van der Waals surface area contributed by atoms with Gasteiger partial charge >= 0.3 is 0 Å². The standard InChI is InChI=1S/C19H17ClFN3/c1-12-17(11-16(21)19(22)18(12)20)24-15-9-7-14(8-10-15)23-13-5-3-2-4-6-13/h2-11,23-24H,22H2,1H3. The van der Waals surface area contributed by atoms with Gasteiger partial charge in [-0.05, 0) is 55.0 Å². The number of para-hydroxylation sites is 1. The van der Waals surface area contributed by atoms with Gasteiger partial charge < -0.3 is 16.4 Å². The first-order chi connectivity index (χ1) is 11.5. The molecule has 24 heavy (non-hydrogen) atoms. The lowest BCUT2D eigenvalue weighted by molar-refractivity contribution is 0.633. The molecule has 3 aromatic rings. The molecular weight excluding hydrogens is 325 g/mol. The van der Waals surface area contributed by atoms with Gasteiger partial charge in [0.15, 0.2) is 0 Å². The van der Waals surface area contributed by atoms with E-state index in [4.69, 9.17) is 17.3 Å². The smallest absolute Gasteiger partial charge is 0.149 e. The second kappa shape index (κ2) is 6.81. The molecule has 0 spiro atoms. The average Bonchev–Trinajstić information content (AvgIpc) is 2.60. The third-order valence-corrected chi connectivity index (χ3v) is 4.21. The van der Waals surface area contributed by atoms with Crippen LogP contribution in [0.1, 0.15) is 5.56 Å². The van der Waals surface area contributed by atoms with Crippen LogP contribution in [0.5, 0.6) is 0 Å². The lowest BCUT2D eigenvalue weighted by Gasteiger charge is -2.14. The van der Waals surface area contributed by atoms with E-state index in [9.17, 15) is 4.39 Å². The summed E-state index contributed by atoms with van der Waals surface area (Å²) in [4.78, 5) is 0. The normalized spacial score (nSPS) is 10.5. The number of nitrogen functional groups attached to an aromatic ring is 1. The third kappa shape index (κ3) is 3.44. The highest BCUT2D eigenvalue weighted by molar-refractivity contribution is 6.34. The zero-order valence-corrected chi connectivity index (χ0v) is 13.9. The van der Waals surface area contributed by atoms with Gasteiger partial charge in [-0.3, -0.25) is 0 Å². The molecule has 3 aromatic carbocycles. The van der Waals surface area contributed by atoms with Crippen molar-refractivity contribution in [1.29, 1.82) is 0 Å². The van der Waals surface area contributed by atoms with Gasteiger partial charge in [0.05, 0.1) is 10.7 Å². The van der Waals surface area contributed by atoms with Crippen LogP contribution in [0.2, 0.25) is 5.02 Å². The minimum Gasteiger partial charge on any atom is -0.395 e. The number of nitrogens with two attached hydrogens (primary N) is 1. The molecule has 0 fully saturated rings. The van der Waals surface area contributed by atoms with E-state index >= 15 is 0 Å². The van der Waals surface area contributed by atoms with Gasteiger partial charge in [-0.1, -0.05) is 29.8 Å². The summed E-state index contributed by atoms with van der Waals surface area (Å²) >= 11 is 6.05. The molecule has 3 rings (SSSR count). The maximum atomic E-state index is 13.8. The second-order valence-electron chi connectivity index (χ2n) is 5.45. The highest BCUT2D eigenvalue weighted by Gasteiger charge is 2.11. The van der Waals surface area contributed by atoms with Crippen LogP contribution in [0, 0.1) is 12.7 Å². The molecule has 122 valence electrons. The van der Waals surface area contributed by atoms with Crippen LogP contribution in [-0.4, -0.2) is 0 Å². The topological polar surface area (TPSA) is 50.1 Å². The largest absolute Gasteiger partial charge is 0.395 e. The van der Waals surface area contributed by atoms with Crippen LogP contribution in [0.3, 0.4) is 0 Å². The van der Waals surface area contributed by atoms with Crippen LogP contribution in [0.4, 0.5) is 32.8 Å². The Bertz CT molecular complexity index is 849. The molecule has 0 atom stereocenters. The van der Waals surface area contributed by atoms with Gasteiger partial charge in [-0.15, -0.1) is 0 Å². The monoisotopic (exact) mass is 341 g/mol. The van der Waals surface area contributed by atoms with Crippen LogP contribution >= 0.6 is 11.6 Å². The fourth-order valence-electron chi connectivity index (χ4n) is 2.35. The Morgan fingerprint density at radius 2 is 1.42 bits per heavy atom. The Labute approximate surface area is 145 Å². The number of nitrogens with one attached hydrogen (secondary N) is 2. The predicted octanol–water partition coefficient (Wildman–Crippen LogP) is 5.86. The van der Waals surface area contributed by atoms with Crippen molar-refractivity contribution in [2.24, 2.45) is 0 Å². The molecule has 0 radical (unpaired) electrons. The zero-order valence-electron chi connectivity index (χ0n) is 13.1. The van der Waals surface area contributed by atoms with Gasteiger partial charge in [0.1, 0.15) is 5.82 Å². The summed E-state index contributed by atoms with van der Waals surface area (Å²) in [5, 5.41) is 6.71. The van der Waals surface area contributed by atoms with Crippen molar-refractivity contribution < 1.29 is 4.39 Å². The molecule has 0 aliphatic carbocycles. The first-order valence-electron chi connectivity index (χ1n) is 7.48. The zero-order chi connectivity index (χ0) is 17.1. The lowest BCUT2D eigenvalue weighted by Crippen LogP contribution is -2.00. The van der Waals surface area contributed by atoms with Crippen LogP contribution in [0.15, 0.2) is 60.7 Å². The van der Waals surface area contributed by atoms with Crippen LogP contribution in [0.25, 0.3) is 0 Å². The first kappa shape index (κ1) is 16.1. The summed E-state index contributed by atoms with van der Waals surface area (Å²) in [7, 11) is 0. The van der Waals surface area contributed by atoms with Crippen molar-refractivity contribution in [1.82, 2.24) is 0 Å². The van der Waals surface area contributed by atoms with E-state index < -0.39 is 5.82 Å². The van der Waals surface area contributed by atoms with E-state index in [0.717, 1.165) is 17.1 Å². The molecule has 0 aliphatic rings. The summed E-state index contributed by atoms with van der Waals surface area (Å²) in [5.41, 5.74) is 9.68. The Kier molecular flexibility index (Phi) is 4.58. The maximum Gasteiger partial charge on any atom is 0.149 e. The summed E-state index contributed by atoms with van der Waals surface area (Å²) < 4.78 is 13.8. The molecule has 0 heterocycles. The quantitative estimate of drug-likeness (QED) is 0.521. The number of hydrogen-bond acceptors (Lipinski definition) is 3. The van der Waals surface area contributed by atoms with Crippen molar-refractivity contribution in [3.05, 3.63) is 77.1 Å². The highest BCUT2D eigenvalue weighted by Crippen LogP contribution is 2.33. The number of hydrogen-bond donors (Lipinski definition) is 3. The van der Waals surface area contributed by atoms with Crippen LogP contribution in [-0.2, 0) is 0 Å². The first-order valence-corrected chi connectivity index (χ1v) is 7.85. The fourth-order valence-corrected chi connectivity index (χ4v) is 2.54. The van der Waals surface area contributed by atoms with Gasteiger partial charge in [0, 0.05) is 22.7 Å². The van der Waals surface area contributed by atoms with E-state index in [0.29, 0.717) is 11.3 Å². The van der Waals surface area contributed by atoms with Gasteiger partial charge in [-0.25, -0.2) is 4.39 Å². The van der Waals surface area contributed by atoms with E-state index in [2.05, 4.69) is 10.6 Å². The molecule has 0 unspecified atom stereocenters. The number of rotatable bonds is 4. The molecule has 4 N–H and O–H groups in total. The number of anilines is 5. The van der Waals surface area contributed by atoms with Crippen molar-refractivity contribution in [2.75, 3.05) is 16.4 Å². The SMILES string of the molecule is Cc1c(Nc2ccc(Nc3ccccc3)cc2)cc(F)c(N)c1Cl. The van der Waals surface area contributed by atoms with Crippen LogP contribution < -0.4 is 16.4 Å². The van der Waals surface area contributed by atoms with Crippen molar-refractivity contribution >= 4 is 40.0 Å². The van der Waals surface area contributed by atoms with E-state index in [1.165, 1.54) is 6.07 Å². The van der Waals surface area contributed by atoms with Crippen molar-refractivity contribution in [3.63, 3.8) is 0 Å². The number of halogens is 2. The van der Waals surface area contributed by atoms with E-state index in [1.54, 1.807) is 6.92 Å².